The van der Waals surface area contributed by atoms with E-state index < -0.39 is 11.6 Å². The summed E-state index contributed by atoms with van der Waals surface area (Å²) in [6, 6.07) is 25.0. The van der Waals surface area contributed by atoms with Crippen molar-refractivity contribution < 1.29 is 24.1 Å². The van der Waals surface area contributed by atoms with Crippen LogP contribution in [-0.4, -0.2) is 49.3 Å². The van der Waals surface area contributed by atoms with Gasteiger partial charge in [0.25, 0.3) is 5.91 Å². The van der Waals surface area contributed by atoms with E-state index in [0.717, 1.165) is 24.0 Å². The average Bonchev–Trinajstić information content (AvgIpc) is 3.39. The lowest BCUT2D eigenvalue weighted by atomic mass is 9.84. The first-order chi connectivity index (χ1) is 19.6. The summed E-state index contributed by atoms with van der Waals surface area (Å²) in [6.07, 6.45) is 3.56. The zero-order valence-electron chi connectivity index (χ0n) is 22.8. The second-order valence-electron chi connectivity index (χ2n) is 9.53. The van der Waals surface area contributed by atoms with Crippen molar-refractivity contribution in [3.05, 3.63) is 108 Å². The average molecular weight is 544 g/mol. The topological polar surface area (TPSA) is 101 Å². The van der Waals surface area contributed by atoms with E-state index in [1.807, 2.05) is 66.7 Å². The molecule has 0 spiro atoms. The van der Waals surface area contributed by atoms with Gasteiger partial charge in [0, 0.05) is 31.6 Å². The van der Waals surface area contributed by atoms with Crippen LogP contribution in [0.3, 0.4) is 0 Å². The number of carbonyl (C=O) groups excluding carboxylic acids is 1. The van der Waals surface area contributed by atoms with Crippen LogP contribution in [0.2, 0.25) is 0 Å². The lowest BCUT2D eigenvalue weighted by Gasteiger charge is -2.29. The van der Waals surface area contributed by atoms with E-state index in [1.54, 1.807) is 13.2 Å². The highest BCUT2D eigenvalue weighted by Gasteiger charge is 2.52. The predicted octanol–water partition coefficient (Wildman–Crippen LogP) is 4.54. The summed E-state index contributed by atoms with van der Waals surface area (Å²) in [6.45, 7) is 5.01. The van der Waals surface area contributed by atoms with E-state index >= 15 is 0 Å². The first-order valence-corrected chi connectivity index (χ1v) is 13.5. The number of rotatable bonds is 15. The Bertz CT molecular complexity index is 1280. The normalized spacial score (nSPS) is 17.9. The van der Waals surface area contributed by atoms with Crippen molar-refractivity contribution in [1.29, 1.82) is 0 Å². The van der Waals surface area contributed by atoms with Gasteiger partial charge >= 0.3 is 0 Å². The van der Waals surface area contributed by atoms with Gasteiger partial charge in [0.1, 0.15) is 11.5 Å². The number of nitrogens with one attached hydrogen (secondary N) is 2. The summed E-state index contributed by atoms with van der Waals surface area (Å²) >= 11 is 0. The van der Waals surface area contributed by atoms with E-state index in [0.29, 0.717) is 37.0 Å². The Morgan fingerprint density at radius 3 is 2.60 bits per heavy atom. The maximum Gasteiger partial charge on any atom is 0.266 e. The summed E-state index contributed by atoms with van der Waals surface area (Å²) in [4.78, 5) is 18.7. The molecule has 4 rings (SSSR count). The van der Waals surface area contributed by atoms with Gasteiger partial charge in [-0.05, 0) is 60.4 Å². The standard InChI is InChI=1S/C32H37N3O5/c1-3-19-32(31(37)35-33-20-8-12-24-10-5-4-6-11-24)29(26-13-7-14-28(23-26)38-2)40-30(34-32)25-15-17-27(18-16-25)39-22-9-21-36/h3-7,10-11,13-18,23,29,33,36H,1,8-9,12,19-22H2,2H3,(H,35,37)/t29-,32-/m0/s1. The summed E-state index contributed by atoms with van der Waals surface area (Å²) < 4.78 is 17.5. The second kappa shape index (κ2) is 14.3. The number of nitrogens with zero attached hydrogens (tertiary/aromatic N) is 1. The fourth-order valence-corrected chi connectivity index (χ4v) is 4.62. The van der Waals surface area contributed by atoms with Crippen LogP contribution in [0.5, 0.6) is 11.5 Å². The maximum absolute atomic E-state index is 13.8. The molecule has 0 aromatic heterocycles. The molecule has 8 heteroatoms. The molecule has 1 aliphatic rings. The monoisotopic (exact) mass is 543 g/mol. The smallest absolute Gasteiger partial charge is 0.266 e. The molecule has 1 aliphatic heterocycles. The van der Waals surface area contributed by atoms with Crippen LogP contribution in [0.15, 0.2) is 96.5 Å². The number of ether oxygens (including phenoxy) is 3. The highest BCUT2D eigenvalue weighted by Crippen LogP contribution is 2.43. The van der Waals surface area contributed by atoms with Crippen LogP contribution in [0.4, 0.5) is 0 Å². The molecule has 3 aromatic carbocycles. The second-order valence-corrected chi connectivity index (χ2v) is 9.53. The van der Waals surface area contributed by atoms with E-state index in [1.165, 1.54) is 5.56 Å². The molecule has 2 atom stereocenters. The third-order valence-corrected chi connectivity index (χ3v) is 6.69. The third kappa shape index (κ3) is 7.08. The lowest BCUT2D eigenvalue weighted by Crippen LogP contribution is -2.52. The number of carbonyl (C=O) groups is 1. The van der Waals surface area contributed by atoms with E-state index in [9.17, 15) is 4.79 Å². The number of hydrogen-bond acceptors (Lipinski definition) is 7. The molecule has 3 N–H and O–H groups in total. The maximum atomic E-state index is 13.8. The van der Waals surface area contributed by atoms with E-state index in [2.05, 4.69) is 29.6 Å². The van der Waals surface area contributed by atoms with Crippen molar-refractivity contribution in [2.75, 3.05) is 26.9 Å². The van der Waals surface area contributed by atoms with Gasteiger partial charge in [0.15, 0.2) is 11.6 Å². The van der Waals surface area contributed by atoms with Crippen LogP contribution in [0.1, 0.15) is 42.1 Å². The van der Waals surface area contributed by atoms with Crippen molar-refractivity contribution in [2.24, 2.45) is 4.99 Å². The Hall–Kier alpha value is -4.14. The van der Waals surface area contributed by atoms with Crippen molar-refractivity contribution in [3.63, 3.8) is 0 Å². The number of aryl methyl sites for hydroxylation is 1. The van der Waals surface area contributed by atoms with Gasteiger partial charge in [-0.25, -0.2) is 10.4 Å². The molecule has 0 fully saturated rings. The van der Waals surface area contributed by atoms with Gasteiger partial charge in [-0.1, -0.05) is 48.5 Å². The molecule has 1 heterocycles. The van der Waals surface area contributed by atoms with Gasteiger partial charge in [0.2, 0.25) is 5.90 Å². The van der Waals surface area contributed by atoms with Gasteiger partial charge in [0.05, 0.1) is 13.7 Å². The Labute approximate surface area is 235 Å². The Morgan fingerprint density at radius 2 is 1.88 bits per heavy atom. The summed E-state index contributed by atoms with van der Waals surface area (Å²) in [5.41, 5.74) is 7.41. The molecular weight excluding hydrogens is 506 g/mol. The third-order valence-electron chi connectivity index (χ3n) is 6.69. The van der Waals surface area contributed by atoms with Crippen LogP contribution in [0.25, 0.3) is 0 Å². The summed E-state index contributed by atoms with van der Waals surface area (Å²) in [7, 11) is 1.60. The highest BCUT2D eigenvalue weighted by atomic mass is 16.5. The van der Waals surface area contributed by atoms with Crippen LogP contribution in [0, 0.1) is 0 Å². The first-order valence-electron chi connectivity index (χ1n) is 13.5. The zero-order valence-corrected chi connectivity index (χ0v) is 22.8. The molecule has 210 valence electrons. The first kappa shape index (κ1) is 28.9. The molecule has 40 heavy (non-hydrogen) atoms. The fourth-order valence-electron chi connectivity index (χ4n) is 4.62. The molecule has 0 aliphatic carbocycles. The molecule has 0 bridgehead atoms. The minimum absolute atomic E-state index is 0.0731. The minimum Gasteiger partial charge on any atom is -0.497 e. The van der Waals surface area contributed by atoms with Crippen molar-refractivity contribution in [1.82, 2.24) is 10.9 Å². The molecule has 3 aromatic rings. The van der Waals surface area contributed by atoms with E-state index in [4.69, 9.17) is 24.3 Å². The van der Waals surface area contributed by atoms with E-state index in [-0.39, 0.29) is 18.9 Å². The van der Waals surface area contributed by atoms with Gasteiger partial charge in [-0.2, -0.15) is 0 Å². The van der Waals surface area contributed by atoms with Gasteiger partial charge in [-0.3, -0.25) is 10.2 Å². The molecule has 0 saturated heterocycles. The minimum atomic E-state index is -1.29. The summed E-state index contributed by atoms with van der Waals surface area (Å²) in [5.74, 6) is 1.38. The summed E-state index contributed by atoms with van der Waals surface area (Å²) in [5, 5.41) is 8.99. The number of benzene rings is 3. The number of hydrogen-bond donors (Lipinski definition) is 3. The molecular formula is C32H37N3O5. The number of aliphatic hydroxyl groups excluding tert-OH is 1. The molecule has 0 unspecified atom stereocenters. The van der Waals surface area contributed by atoms with Crippen molar-refractivity contribution in [2.45, 2.75) is 37.3 Å². The van der Waals surface area contributed by atoms with Crippen molar-refractivity contribution >= 4 is 11.8 Å². The van der Waals surface area contributed by atoms with Crippen LogP contribution < -0.4 is 20.3 Å². The van der Waals surface area contributed by atoms with Gasteiger partial charge < -0.3 is 19.3 Å². The molecule has 8 nitrogen and oxygen atoms in total. The zero-order chi connectivity index (χ0) is 28.2. The largest absolute Gasteiger partial charge is 0.497 e. The SMILES string of the molecule is C=CC[C@]1(C(=O)NNCCCc2ccccc2)N=C(c2ccc(OCCCO)cc2)O[C@H]1c1cccc(OC)c1. The molecule has 1 amide bonds. The molecule has 0 radical (unpaired) electrons. The highest BCUT2D eigenvalue weighted by molar-refractivity contribution is 6.01. The van der Waals surface area contributed by atoms with Crippen LogP contribution >= 0.6 is 0 Å². The Balaban J connectivity index is 1.55. The Morgan fingerprint density at radius 1 is 1.07 bits per heavy atom. The quantitative estimate of drug-likeness (QED) is 0.148. The predicted molar refractivity (Wildman–Crippen MR) is 155 cm³/mol. The number of amides is 1. The van der Waals surface area contributed by atoms with Crippen LogP contribution in [-0.2, 0) is 16.0 Å². The van der Waals surface area contributed by atoms with Crippen molar-refractivity contribution in [3.8, 4) is 11.5 Å². The number of aliphatic imine (C=N–C) groups is 1. The lowest BCUT2D eigenvalue weighted by molar-refractivity contribution is -0.129. The number of hydrazine groups is 1. The number of aliphatic hydroxyl groups is 1. The molecule has 0 saturated carbocycles. The Kier molecular flexibility index (Phi) is 10.3. The fraction of sp³-hybridized carbons (Fsp3) is 0.312. The number of methoxy groups -OCH3 is 1. The van der Waals surface area contributed by atoms with Gasteiger partial charge in [-0.15, -0.1) is 6.58 Å².